The number of hydrogen-bond donors (Lipinski definition) is 2. The maximum Gasteiger partial charge on any atom is 0.274 e. The Bertz CT molecular complexity index is 1130. The van der Waals surface area contributed by atoms with Crippen molar-refractivity contribution >= 4 is 28.5 Å². The molecule has 0 bridgehead atoms. The molecule has 2 aromatic heterocycles. The summed E-state index contributed by atoms with van der Waals surface area (Å²) in [6.45, 7) is 3.57. The first-order valence-electron chi connectivity index (χ1n) is 9.72. The summed E-state index contributed by atoms with van der Waals surface area (Å²) in [5.74, 6) is -1.05. The maximum absolute atomic E-state index is 13.1. The Hall–Kier alpha value is -3.55. The smallest absolute Gasteiger partial charge is 0.274 e. The number of aromatic nitrogens is 2. The Morgan fingerprint density at radius 2 is 2.00 bits per heavy atom. The van der Waals surface area contributed by atoms with Gasteiger partial charge in [0.05, 0.1) is 0 Å². The average Bonchev–Trinajstić information content (AvgIpc) is 3.49. The summed E-state index contributed by atoms with van der Waals surface area (Å²) in [5, 5.41) is 14.0. The lowest BCUT2D eigenvalue weighted by Gasteiger charge is -2.21. The van der Waals surface area contributed by atoms with Gasteiger partial charge in [0.15, 0.2) is 11.4 Å². The van der Waals surface area contributed by atoms with E-state index >= 15 is 0 Å². The third-order valence-corrected chi connectivity index (χ3v) is 5.29. The van der Waals surface area contributed by atoms with Gasteiger partial charge >= 0.3 is 0 Å². The highest BCUT2D eigenvalue weighted by Crippen LogP contribution is 2.41. The molecule has 0 radical (unpaired) electrons. The highest BCUT2D eigenvalue weighted by molar-refractivity contribution is 6.07. The lowest BCUT2D eigenvalue weighted by molar-refractivity contribution is -0.116. The molecule has 1 aliphatic rings. The normalized spacial score (nSPS) is 17.6. The minimum absolute atomic E-state index is 0.0825. The van der Waals surface area contributed by atoms with Crippen LogP contribution in [-0.2, 0) is 4.79 Å². The zero-order chi connectivity index (χ0) is 21.4. The van der Waals surface area contributed by atoms with Crippen molar-refractivity contribution in [2.24, 2.45) is 0 Å². The van der Waals surface area contributed by atoms with E-state index in [-0.39, 0.29) is 46.5 Å². The van der Waals surface area contributed by atoms with Gasteiger partial charge in [0.1, 0.15) is 17.2 Å². The first-order valence-corrected chi connectivity index (χ1v) is 9.72. The lowest BCUT2D eigenvalue weighted by atomic mass is 10.1. The second-order valence-electron chi connectivity index (χ2n) is 7.27. The fourth-order valence-corrected chi connectivity index (χ4v) is 3.66. The third kappa shape index (κ3) is 3.56. The summed E-state index contributed by atoms with van der Waals surface area (Å²) >= 11 is 0. The van der Waals surface area contributed by atoms with E-state index in [4.69, 9.17) is 0 Å². The van der Waals surface area contributed by atoms with Crippen molar-refractivity contribution in [1.29, 1.82) is 0 Å². The van der Waals surface area contributed by atoms with Crippen LogP contribution in [0.3, 0.4) is 0 Å². The van der Waals surface area contributed by atoms with Gasteiger partial charge in [-0.25, -0.2) is 9.37 Å². The van der Waals surface area contributed by atoms with Gasteiger partial charge in [-0.3, -0.25) is 19.5 Å². The third-order valence-electron chi connectivity index (χ3n) is 5.29. The van der Waals surface area contributed by atoms with Crippen LogP contribution >= 0.6 is 0 Å². The molecule has 1 aromatic carbocycles. The Kier molecular flexibility index (Phi) is 5.07. The van der Waals surface area contributed by atoms with Crippen LogP contribution in [0.4, 0.5) is 10.2 Å². The Balaban J connectivity index is 1.65. The topological polar surface area (TPSA) is 95.4 Å². The van der Waals surface area contributed by atoms with E-state index < -0.39 is 5.91 Å². The molecule has 1 aliphatic carbocycles. The van der Waals surface area contributed by atoms with Crippen molar-refractivity contribution in [2.45, 2.75) is 32.2 Å². The largest absolute Gasteiger partial charge is 0.504 e. The fraction of sp³-hybridized carbons (Fsp3) is 0.273. The summed E-state index contributed by atoms with van der Waals surface area (Å²) in [6, 6.07) is 9.42. The zero-order valence-electron chi connectivity index (χ0n) is 16.6. The van der Waals surface area contributed by atoms with Gasteiger partial charge < -0.3 is 10.4 Å². The van der Waals surface area contributed by atoms with Crippen molar-refractivity contribution in [3.63, 3.8) is 0 Å². The van der Waals surface area contributed by atoms with Crippen molar-refractivity contribution in [2.75, 3.05) is 11.4 Å². The van der Waals surface area contributed by atoms with Crippen LogP contribution in [0.25, 0.3) is 10.9 Å². The Labute approximate surface area is 172 Å². The van der Waals surface area contributed by atoms with E-state index in [1.807, 2.05) is 0 Å². The van der Waals surface area contributed by atoms with E-state index in [9.17, 15) is 19.1 Å². The number of carbonyl (C=O) groups is 2. The van der Waals surface area contributed by atoms with Gasteiger partial charge in [-0.05, 0) is 43.2 Å². The zero-order valence-corrected chi connectivity index (χ0v) is 16.6. The van der Waals surface area contributed by atoms with Crippen LogP contribution in [0.15, 0.2) is 42.6 Å². The number of benzene rings is 1. The lowest BCUT2D eigenvalue weighted by Crippen LogP contribution is -2.31. The Morgan fingerprint density at radius 1 is 1.27 bits per heavy atom. The SMILES string of the molecule is CCN(C(C)=O)c1nc(C(=O)NC2CC2c2ccc(F)cc2)c(O)c2ncccc12. The molecule has 2 unspecified atom stereocenters. The summed E-state index contributed by atoms with van der Waals surface area (Å²) in [7, 11) is 0. The maximum atomic E-state index is 13.1. The monoisotopic (exact) mass is 408 g/mol. The molecule has 4 rings (SSSR count). The van der Waals surface area contributed by atoms with Crippen LogP contribution in [0.1, 0.15) is 42.2 Å². The molecular weight excluding hydrogens is 387 g/mol. The average molecular weight is 408 g/mol. The van der Waals surface area contributed by atoms with Crippen molar-refractivity contribution in [3.8, 4) is 5.75 Å². The number of pyridine rings is 2. The highest BCUT2D eigenvalue weighted by atomic mass is 19.1. The first-order chi connectivity index (χ1) is 14.4. The first kappa shape index (κ1) is 19.8. The number of amides is 2. The van der Waals surface area contributed by atoms with Crippen molar-refractivity contribution < 1.29 is 19.1 Å². The number of carbonyl (C=O) groups excluding carboxylic acids is 2. The second kappa shape index (κ2) is 7.70. The van der Waals surface area contributed by atoms with Gasteiger partial charge in [0.2, 0.25) is 5.91 Å². The van der Waals surface area contributed by atoms with Crippen molar-refractivity contribution in [3.05, 3.63) is 59.7 Å². The van der Waals surface area contributed by atoms with Gasteiger partial charge in [0, 0.05) is 37.0 Å². The number of fused-ring (bicyclic) bond motifs is 1. The molecule has 0 aliphatic heterocycles. The minimum Gasteiger partial charge on any atom is -0.504 e. The summed E-state index contributed by atoms with van der Waals surface area (Å²) < 4.78 is 13.1. The predicted molar refractivity (Wildman–Crippen MR) is 110 cm³/mol. The second-order valence-corrected chi connectivity index (χ2v) is 7.27. The minimum atomic E-state index is -0.546. The number of rotatable bonds is 5. The molecule has 2 amide bonds. The highest BCUT2D eigenvalue weighted by Gasteiger charge is 2.40. The molecule has 0 saturated heterocycles. The van der Waals surface area contributed by atoms with Crippen LogP contribution < -0.4 is 10.2 Å². The van der Waals surface area contributed by atoms with E-state index in [0.717, 1.165) is 5.56 Å². The van der Waals surface area contributed by atoms with Gasteiger partial charge in [0.25, 0.3) is 5.91 Å². The molecule has 1 saturated carbocycles. The summed E-state index contributed by atoms with van der Waals surface area (Å²) in [6.07, 6.45) is 2.22. The van der Waals surface area contributed by atoms with Gasteiger partial charge in [-0.1, -0.05) is 12.1 Å². The molecule has 30 heavy (non-hydrogen) atoms. The molecular formula is C22H21FN4O3. The molecule has 1 fully saturated rings. The van der Waals surface area contributed by atoms with Gasteiger partial charge in [-0.2, -0.15) is 0 Å². The number of anilines is 1. The van der Waals surface area contributed by atoms with Gasteiger partial charge in [-0.15, -0.1) is 0 Å². The molecule has 2 heterocycles. The predicted octanol–water partition coefficient (Wildman–Crippen LogP) is 3.13. The number of nitrogens with zero attached hydrogens (tertiary/aromatic N) is 3. The van der Waals surface area contributed by atoms with E-state index in [1.54, 1.807) is 31.2 Å². The standard InChI is InChI=1S/C22H21FN4O3/c1-3-27(12(2)28)21-15-5-4-10-24-18(15)20(29)19(26-21)22(30)25-17-11-16(17)13-6-8-14(23)9-7-13/h4-10,16-17,29H,3,11H2,1-2H3,(H,25,30). The molecule has 154 valence electrons. The number of aromatic hydroxyl groups is 1. The Morgan fingerprint density at radius 3 is 2.67 bits per heavy atom. The van der Waals surface area contributed by atoms with Crippen LogP contribution in [0, 0.1) is 5.82 Å². The van der Waals surface area contributed by atoms with Crippen LogP contribution in [0.5, 0.6) is 5.75 Å². The number of halogens is 1. The molecule has 7 nitrogen and oxygen atoms in total. The van der Waals surface area contributed by atoms with E-state index in [2.05, 4.69) is 15.3 Å². The molecule has 2 N–H and O–H groups in total. The van der Waals surface area contributed by atoms with Crippen LogP contribution in [0.2, 0.25) is 0 Å². The molecule has 2 atom stereocenters. The number of hydrogen-bond acceptors (Lipinski definition) is 5. The quantitative estimate of drug-likeness (QED) is 0.676. The van der Waals surface area contributed by atoms with E-state index in [0.29, 0.717) is 18.4 Å². The van der Waals surface area contributed by atoms with Crippen molar-refractivity contribution in [1.82, 2.24) is 15.3 Å². The fourth-order valence-electron chi connectivity index (χ4n) is 3.66. The summed E-state index contributed by atoms with van der Waals surface area (Å²) in [5.41, 5.74) is 0.965. The molecule has 0 spiro atoms. The van der Waals surface area contributed by atoms with E-state index in [1.165, 1.54) is 30.2 Å². The summed E-state index contributed by atoms with van der Waals surface area (Å²) in [4.78, 5) is 34.9. The molecule has 8 heteroatoms. The van der Waals surface area contributed by atoms with Crippen LogP contribution in [-0.4, -0.2) is 39.5 Å². The molecule has 3 aromatic rings. The number of nitrogens with one attached hydrogen (secondary N) is 1.